The third-order valence-electron chi connectivity index (χ3n) is 2.01. The fourth-order valence-corrected chi connectivity index (χ4v) is 1.39. The summed E-state index contributed by atoms with van der Waals surface area (Å²) in [7, 11) is 0. The molecule has 76 valence electrons. The number of aryl methyl sites for hydroxylation is 1. The third kappa shape index (κ3) is 4.79. The summed E-state index contributed by atoms with van der Waals surface area (Å²) in [5.41, 5.74) is 1.35. The van der Waals surface area contributed by atoms with Crippen LogP contribution < -0.4 is 51.4 Å². The van der Waals surface area contributed by atoms with Gasteiger partial charge in [0.2, 0.25) is 0 Å². The van der Waals surface area contributed by atoms with Gasteiger partial charge in [-0.25, -0.2) is 0 Å². The van der Waals surface area contributed by atoms with E-state index in [9.17, 15) is 0 Å². The Kier molecular flexibility index (Phi) is 11.3. The molecule has 0 aliphatic carbocycles. The second-order valence-corrected chi connectivity index (χ2v) is 2.80. The van der Waals surface area contributed by atoms with Crippen LogP contribution >= 0.6 is 0 Å². The molecule has 2 aromatic rings. The maximum Gasteiger partial charge on any atom is 1.00 e. The molecule has 0 nitrogen and oxygen atoms in total. The van der Waals surface area contributed by atoms with Crippen LogP contribution in [0.25, 0.3) is 10.8 Å². The van der Waals surface area contributed by atoms with Gasteiger partial charge in [-0.05, 0) is 23.3 Å². The Bertz CT molecular complexity index is 375. The molecule has 0 amide bonds. The monoisotopic (exact) mass is 226 g/mol. The van der Waals surface area contributed by atoms with Crippen LogP contribution in [0.1, 0.15) is 19.4 Å². The van der Waals surface area contributed by atoms with Crippen LogP contribution in [0.4, 0.5) is 0 Å². The molecular weight excluding hydrogens is 207 g/mol. The number of benzene rings is 2. The third-order valence-corrected chi connectivity index (χ3v) is 2.01. The molecule has 15 heavy (non-hydrogen) atoms. The number of rotatable bonds is 0. The molecule has 0 saturated heterocycles. The summed E-state index contributed by atoms with van der Waals surface area (Å²) in [5.74, 6) is 0. The van der Waals surface area contributed by atoms with Crippen LogP contribution in [0.2, 0.25) is 0 Å². The van der Waals surface area contributed by atoms with Gasteiger partial charge in [0.1, 0.15) is 0 Å². The molecule has 0 aliphatic rings. The molecular formula is C14H19K. The van der Waals surface area contributed by atoms with E-state index in [1.807, 2.05) is 13.8 Å². The summed E-state index contributed by atoms with van der Waals surface area (Å²) in [6.07, 6.45) is 0. The van der Waals surface area contributed by atoms with Gasteiger partial charge in [0.25, 0.3) is 0 Å². The first-order chi connectivity index (χ1) is 6.38. The quantitative estimate of drug-likeness (QED) is 0.473. The van der Waals surface area contributed by atoms with Crippen LogP contribution in [0.5, 0.6) is 0 Å². The molecule has 0 aromatic heterocycles. The van der Waals surface area contributed by atoms with Crippen molar-refractivity contribution in [3.63, 3.8) is 0 Å². The van der Waals surface area contributed by atoms with Crippen molar-refractivity contribution in [1.82, 2.24) is 0 Å². The zero-order valence-electron chi connectivity index (χ0n) is 10.5. The predicted molar refractivity (Wildman–Crippen MR) is 66.4 cm³/mol. The van der Waals surface area contributed by atoms with Crippen LogP contribution in [0, 0.1) is 14.4 Å². The van der Waals surface area contributed by atoms with E-state index in [1.165, 1.54) is 16.3 Å². The van der Waals surface area contributed by atoms with Gasteiger partial charge in [-0.1, -0.05) is 56.3 Å². The molecule has 0 heterocycles. The van der Waals surface area contributed by atoms with Crippen LogP contribution in [-0.4, -0.2) is 0 Å². The van der Waals surface area contributed by atoms with Gasteiger partial charge in [0, 0.05) is 0 Å². The van der Waals surface area contributed by atoms with Crippen molar-refractivity contribution < 1.29 is 51.4 Å². The minimum Gasteiger partial charge on any atom is -0.358 e. The Balaban J connectivity index is 0. The van der Waals surface area contributed by atoms with Gasteiger partial charge in [0.05, 0.1) is 0 Å². The van der Waals surface area contributed by atoms with Gasteiger partial charge in [-0.3, -0.25) is 0 Å². The minimum absolute atomic E-state index is 0. The molecule has 1 heteroatoms. The van der Waals surface area contributed by atoms with E-state index in [-0.39, 0.29) is 58.8 Å². The topological polar surface area (TPSA) is 0 Å². The average Bonchev–Trinajstić information content (AvgIpc) is 2.22. The Labute approximate surface area is 137 Å². The van der Waals surface area contributed by atoms with Crippen molar-refractivity contribution in [2.24, 2.45) is 0 Å². The zero-order chi connectivity index (χ0) is 9.68. The summed E-state index contributed by atoms with van der Waals surface area (Å²) in [4.78, 5) is 0. The molecule has 0 aliphatic heterocycles. The normalized spacial score (nSPS) is 7.93. The molecule has 0 bridgehead atoms. The van der Waals surface area contributed by atoms with Crippen molar-refractivity contribution >= 4 is 10.8 Å². The largest absolute Gasteiger partial charge is 1.00 e. The number of hydrogen-bond acceptors (Lipinski definition) is 0. The Morgan fingerprint density at radius 2 is 1.33 bits per heavy atom. The van der Waals surface area contributed by atoms with Crippen LogP contribution in [0.3, 0.4) is 0 Å². The van der Waals surface area contributed by atoms with Crippen molar-refractivity contribution in [2.75, 3.05) is 0 Å². The molecule has 0 atom stereocenters. The van der Waals surface area contributed by atoms with E-state index in [0.29, 0.717) is 0 Å². The van der Waals surface area contributed by atoms with E-state index < -0.39 is 0 Å². The summed E-state index contributed by atoms with van der Waals surface area (Å²) < 4.78 is 0. The molecule has 0 N–H and O–H groups in total. The van der Waals surface area contributed by atoms with Gasteiger partial charge in [0.15, 0.2) is 0 Å². The van der Waals surface area contributed by atoms with Crippen molar-refractivity contribution in [3.05, 3.63) is 55.5 Å². The summed E-state index contributed by atoms with van der Waals surface area (Å²) in [6, 6.07) is 14.8. The molecule has 0 unspecified atom stereocenters. The van der Waals surface area contributed by atoms with Crippen molar-refractivity contribution in [1.29, 1.82) is 0 Å². The van der Waals surface area contributed by atoms with E-state index >= 15 is 0 Å². The Hall–Kier alpha value is 0.336. The first-order valence-electron chi connectivity index (χ1n) is 4.82. The molecule has 0 fully saturated rings. The number of hydrogen-bond donors (Lipinski definition) is 0. The first-order valence-corrected chi connectivity index (χ1v) is 4.82. The van der Waals surface area contributed by atoms with Gasteiger partial charge >= 0.3 is 51.4 Å². The van der Waals surface area contributed by atoms with E-state index in [0.717, 1.165) is 0 Å². The second-order valence-electron chi connectivity index (χ2n) is 2.80. The van der Waals surface area contributed by atoms with Crippen LogP contribution in [-0.2, 0) is 0 Å². The van der Waals surface area contributed by atoms with Gasteiger partial charge in [-0.15, -0.1) is 0 Å². The minimum atomic E-state index is 0. The summed E-state index contributed by atoms with van der Waals surface area (Å²) >= 11 is 0. The fourth-order valence-electron chi connectivity index (χ4n) is 1.39. The Morgan fingerprint density at radius 3 is 1.93 bits per heavy atom. The standard InChI is InChI=1S/C11H10.C2H6.CH3.K/c1-9-5-4-7-10-6-2-3-8-11(9)10;1-2;;/h2-8H,1H3;1-2H3;1H3;/q;;-1;+1. The smallest absolute Gasteiger partial charge is 0.358 e. The summed E-state index contributed by atoms with van der Waals surface area (Å²) in [6.45, 7) is 6.14. The van der Waals surface area contributed by atoms with Crippen molar-refractivity contribution in [2.45, 2.75) is 20.8 Å². The van der Waals surface area contributed by atoms with E-state index in [1.54, 1.807) is 0 Å². The maximum atomic E-state index is 2.16. The molecule has 0 saturated carbocycles. The predicted octanol–water partition coefficient (Wildman–Crippen LogP) is 1.63. The van der Waals surface area contributed by atoms with Gasteiger partial charge < -0.3 is 7.43 Å². The molecule has 2 aromatic carbocycles. The van der Waals surface area contributed by atoms with Crippen molar-refractivity contribution in [3.8, 4) is 0 Å². The summed E-state index contributed by atoms with van der Waals surface area (Å²) in [5, 5.41) is 2.68. The van der Waals surface area contributed by atoms with Crippen LogP contribution in [0.15, 0.2) is 42.5 Å². The second kappa shape index (κ2) is 9.55. The first kappa shape index (κ1) is 17.7. The van der Waals surface area contributed by atoms with E-state index in [2.05, 4.69) is 49.4 Å². The van der Waals surface area contributed by atoms with E-state index in [4.69, 9.17) is 0 Å². The average molecular weight is 226 g/mol. The maximum absolute atomic E-state index is 2.16. The SMILES string of the molecule is CC.Cc1cccc2ccccc12.[CH3-].[K+]. The zero-order valence-corrected chi connectivity index (χ0v) is 13.7. The molecule has 0 radical (unpaired) electrons. The number of fused-ring (bicyclic) bond motifs is 1. The molecule has 2 rings (SSSR count). The fraction of sp³-hybridized carbons (Fsp3) is 0.214. The molecule has 0 spiro atoms. The van der Waals surface area contributed by atoms with Gasteiger partial charge in [-0.2, -0.15) is 0 Å². The Morgan fingerprint density at radius 1 is 0.800 bits per heavy atom.